The van der Waals surface area contributed by atoms with Crippen LogP contribution in [0.15, 0.2) is 42.5 Å². The molecule has 0 saturated heterocycles. The fourth-order valence-electron chi connectivity index (χ4n) is 2.26. The third kappa shape index (κ3) is 3.09. The number of carbonyl (C=O) groups excluding carboxylic acids is 1. The van der Waals surface area contributed by atoms with Crippen LogP contribution < -0.4 is 9.47 Å². The summed E-state index contributed by atoms with van der Waals surface area (Å²) in [6, 6.07) is 11.8. The molecule has 0 amide bonds. The smallest absolute Gasteiger partial charge is 0.307 e. The fraction of sp³-hybridized carbons (Fsp3) is 0.176. The topological polar surface area (TPSA) is 72.8 Å². The maximum Gasteiger partial charge on any atom is 0.307 e. The summed E-state index contributed by atoms with van der Waals surface area (Å²) in [7, 11) is 2.88. The molecule has 0 unspecified atom stereocenters. The number of hydrogen-bond donors (Lipinski definition) is 1. The molecule has 2 aromatic rings. The average Bonchev–Trinajstić information content (AvgIpc) is 2.54. The average molecular weight is 300 g/mol. The van der Waals surface area contributed by atoms with E-state index in [4.69, 9.17) is 14.6 Å². The van der Waals surface area contributed by atoms with Gasteiger partial charge in [-0.1, -0.05) is 36.4 Å². The quantitative estimate of drug-likeness (QED) is 0.830. The van der Waals surface area contributed by atoms with Crippen molar-refractivity contribution in [1.29, 1.82) is 0 Å². The molecule has 0 heterocycles. The highest BCUT2D eigenvalue weighted by atomic mass is 16.5. The monoisotopic (exact) mass is 300 g/mol. The van der Waals surface area contributed by atoms with Crippen molar-refractivity contribution in [3.63, 3.8) is 0 Å². The Bertz CT molecular complexity index is 692. The number of carboxylic acids is 1. The third-order valence-corrected chi connectivity index (χ3v) is 3.24. The van der Waals surface area contributed by atoms with Gasteiger partial charge in [-0.05, 0) is 11.6 Å². The lowest BCUT2D eigenvalue weighted by atomic mass is 9.95. The van der Waals surface area contributed by atoms with Gasteiger partial charge in [-0.15, -0.1) is 0 Å². The van der Waals surface area contributed by atoms with Crippen molar-refractivity contribution in [2.45, 2.75) is 6.42 Å². The number of hydrogen-bond acceptors (Lipinski definition) is 4. The standard InChI is InChI=1S/C17H16O5/c1-21-13-9-8-12(10-14(18)19)15(17(13)22-2)16(20)11-6-4-3-5-7-11/h3-9H,10H2,1-2H3,(H,18,19). The van der Waals surface area contributed by atoms with Crippen LogP contribution in [0.4, 0.5) is 0 Å². The number of ketones is 1. The molecule has 0 aliphatic rings. The van der Waals surface area contributed by atoms with E-state index in [1.165, 1.54) is 14.2 Å². The molecule has 0 saturated carbocycles. The van der Waals surface area contributed by atoms with Crippen molar-refractivity contribution < 1.29 is 24.2 Å². The predicted molar refractivity (Wildman–Crippen MR) is 80.8 cm³/mol. The second kappa shape index (κ2) is 6.76. The van der Waals surface area contributed by atoms with E-state index in [9.17, 15) is 9.59 Å². The van der Waals surface area contributed by atoms with Gasteiger partial charge in [0.2, 0.25) is 0 Å². The Labute approximate surface area is 128 Å². The van der Waals surface area contributed by atoms with Crippen LogP contribution in [-0.4, -0.2) is 31.1 Å². The van der Waals surface area contributed by atoms with E-state index >= 15 is 0 Å². The SMILES string of the molecule is COc1ccc(CC(=O)O)c(C(=O)c2ccccc2)c1OC. The van der Waals surface area contributed by atoms with Gasteiger partial charge in [0, 0.05) is 5.56 Å². The Kier molecular flexibility index (Phi) is 4.78. The summed E-state index contributed by atoms with van der Waals surface area (Å²) < 4.78 is 10.5. The van der Waals surface area contributed by atoms with Gasteiger partial charge in [0.05, 0.1) is 26.2 Å². The Morgan fingerprint density at radius 1 is 1.00 bits per heavy atom. The van der Waals surface area contributed by atoms with E-state index in [0.29, 0.717) is 16.9 Å². The number of ether oxygens (including phenoxy) is 2. The van der Waals surface area contributed by atoms with Crippen molar-refractivity contribution in [2.75, 3.05) is 14.2 Å². The summed E-state index contributed by atoms with van der Waals surface area (Å²) >= 11 is 0. The van der Waals surface area contributed by atoms with Crippen molar-refractivity contribution in [2.24, 2.45) is 0 Å². The molecule has 0 aromatic heterocycles. The van der Waals surface area contributed by atoms with Gasteiger partial charge in [0.15, 0.2) is 17.3 Å². The molecular weight excluding hydrogens is 284 g/mol. The number of aliphatic carboxylic acids is 1. The minimum absolute atomic E-state index is 0.218. The molecule has 0 aliphatic heterocycles. The van der Waals surface area contributed by atoms with Gasteiger partial charge in [0.25, 0.3) is 0 Å². The Hall–Kier alpha value is -2.82. The number of benzene rings is 2. The van der Waals surface area contributed by atoms with Crippen molar-refractivity contribution in [3.8, 4) is 11.5 Å². The van der Waals surface area contributed by atoms with Gasteiger partial charge < -0.3 is 14.6 Å². The van der Waals surface area contributed by atoms with Crippen LogP contribution in [0.25, 0.3) is 0 Å². The lowest BCUT2D eigenvalue weighted by Gasteiger charge is -2.15. The van der Waals surface area contributed by atoms with Crippen LogP contribution in [0.5, 0.6) is 11.5 Å². The summed E-state index contributed by atoms with van der Waals surface area (Å²) in [6.45, 7) is 0. The molecule has 0 spiro atoms. The molecule has 2 aromatic carbocycles. The van der Waals surface area contributed by atoms with Crippen LogP contribution in [0, 0.1) is 0 Å². The number of carboxylic acid groups (broad SMARTS) is 1. The predicted octanol–water partition coefficient (Wildman–Crippen LogP) is 2.56. The largest absolute Gasteiger partial charge is 0.493 e. The molecule has 0 atom stereocenters. The highest BCUT2D eigenvalue weighted by Crippen LogP contribution is 2.35. The van der Waals surface area contributed by atoms with Crippen LogP contribution in [0.3, 0.4) is 0 Å². The van der Waals surface area contributed by atoms with E-state index in [0.717, 1.165) is 0 Å². The maximum atomic E-state index is 12.8. The first-order valence-electron chi connectivity index (χ1n) is 6.64. The molecule has 0 fully saturated rings. The second-order valence-corrected chi connectivity index (χ2v) is 4.60. The van der Waals surface area contributed by atoms with E-state index in [-0.39, 0.29) is 23.5 Å². The normalized spacial score (nSPS) is 10.1. The minimum atomic E-state index is -1.02. The number of rotatable bonds is 6. The van der Waals surface area contributed by atoms with Crippen molar-refractivity contribution in [1.82, 2.24) is 0 Å². The summed E-state index contributed by atoms with van der Waals surface area (Å²) in [5, 5.41) is 9.05. The molecule has 5 heteroatoms. The van der Waals surface area contributed by atoms with Gasteiger partial charge in [0.1, 0.15) is 0 Å². The first-order chi connectivity index (χ1) is 10.6. The van der Waals surface area contributed by atoms with Crippen molar-refractivity contribution >= 4 is 11.8 Å². The number of methoxy groups -OCH3 is 2. The molecule has 0 bridgehead atoms. The Morgan fingerprint density at radius 2 is 1.68 bits per heavy atom. The Morgan fingerprint density at radius 3 is 2.23 bits per heavy atom. The molecule has 5 nitrogen and oxygen atoms in total. The van der Waals surface area contributed by atoms with E-state index in [1.54, 1.807) is 42.5 Å². The van der Waals surface area contributed by atoms with E-state index in [2.05, 4.69) is 0 Å². The molecule has 22 heavy (non-hydrogen) atoms. The van der Waals surface area contributed by atoms with E-state index in [1.807, 2.05) is 0 Å². The minimum Gasteiger partial charge on any atom is -0.493 e. The molecule has 2 rings (SSSR count). The molecule has 0 aliphatic carbocycles. The zero-order valence-corrected chi connectivity index (χ0v) is 12.3. The summed E-state index contributed by atoms with van der Waals surface area (Å²) in [4.78, 5) is 23.8. The molecular formula is C17H16O5. The molecule has 1 N–H and O–H groups in total. The maximum absolute atomic E-state index is 12.8. The fourth-order valence-corrected chi connectivity index (χ4v) is 2.26. The van der Waals surface area contributed by atoms with E-state index < -0.39 is 5.97 Å². The van der Waals surface area contributed by atoms with Gasteiger partial charge >= 0.3 is 5.97 Å². The van der Waals surface area contributed by atoms with Crippen LogP contribution in [0.1, 0.15) is 21.5 Å². The second-order valence-electron chi connectivity index (χ2n) is 4.60. The lowest BCUT2D eigenvalue weighted by molar-refractivity contribution is -0.136. The van der Waals surface area contributed by atoms with Crippen molar-refractivity contribution in [3.05, 3.63) is 59.2 Å². The first kappa shape index (κ1) is 15.6. The molecule has 114 valence electrons. The van der Waals surface area contributed by atoms with Crippen LogP contribution in [0.2, 0.25) is 0 Å². The summed E-state index contributed by atoms with van der Waals surface area (Å²) in [5.74, 6) is -0.687. The van der Waals surface area contributed by atoms with Crippen LogP contribution in [-0.2, 0) is 11.2 Å². The zero-order valence-electron chi connectivity index (χ0n) is 12.3. The van der Waals surface area contributed by atoms with Gasteiger partial charge in [-0.25, -0.2) is 0 Å². The van der Waals surface area contributed by atoms with Gasteiger partial charge in [-0.2, -0.15) is 0 Å². The van der Waals surface area contributed by atoms with Gasteiger partial charge in [-0.3, -0.25) is 9.59 Å². The van der Waals surface area contributed by atoms with Crippen LogP contribution >= 0.6 is 0 Å². The summed E-state index contributed by atoms with van der Waals surface area (Å²) in [5.41, 5.74) is 1.06. The highest BCUT2D eigenvalue weighted by Gasteiger charge is 2.23. The lowest BCUT2D eigenvalue weighted by Crippen LogP contribution is -2.12. The number of carbonyl (C=O) groups is 2. The Balaban J connectivity index is 2.63. The molecule has 0 radical (unpaired) electrons. The first-order valence-corrected chi connectivity index (χ1v) is 6.64. The highest BCUT2D eigenvalue weighted by molar-refractivity contribution is 6.12. The third-order valence-electron chi connectivity index (χ3n) is 3.24. The summed E-state index contributed by atoms with van der Waals surface area (Å²) in [6.07, 6.45) is -0.270. The zero-order chi connectivity index (χ0) is 16.1.